The van der Waals surface area contributed by atoms with Crippen molar-refractivity contribution < 1.29 is 21.9 Å². The van der Waals surface area contributed by atoms with Crippen LogP contribution in [0, 0.1) is 11.3 Å². The molecule has 0 saturated heterocycles. The Morgan fingerprint density at radius 2 is 2.11 bits per heavy atom. The molecule has 0 unspecified atom stereocenters. The zero-order valence-corrected chi connectivity index (χ0v) is 10.3. The van der Waals surface area contributed by atoms with Crippen LogP contribution >= 0.6 is 10.7 Å². The normalized spacial score (nSPS) is 11.3. The molecule has 0 saturated carbocycles. The molecule has 98 valence electrons. The third-order valence-corrected chi connectivity index (χ3v) is 3.42. The lowest BCUT2D eigenvalue weighted by Gasteiger charge is -2.13. The van der Waals surface area contributed by atoms with E-state index in [9.17, 15) is 17.2 Å². The topological polar surface area (TPSA) is 93.2 Å². The smallest absolute Gasteiger partial charge is 0.387 e. The molecular formula is C9H7ClF2N2O3S. The third-order valence-electron chi connectivity index (χ3n) is 2.00. The van der Waals surface area contributed by atoms with E-state index >= 15 is 0 Å². The summed E-state index contributed by atoms with van der Waals surface area (Å²) >= 11 is 0. The molecule has 2 N–H and O–H groups in total. The first-order valence-corrected chi connectivity index (χ1v) is 6.77. The summed E-state index contributed by atoms with van der Waals surface area (Å²) in [5.41, 5.74) is 4.75. The van der Waals surface area contributed by atoms with E-state index in [2.05, 4.69) is 4.74 Å². The Hall–Kier alpha value is -1.43. The van der Waals surface area contributed by atoms with Crippen LogP contribution in [0.2, 0.25) is 0 Å². The molecule has 9 heteroatoms. The highest BCUT2D eigenvalue weighted by Gasteiger charge is 2.24. The summed E-state index contributed by atoms with van der Waals surface area (Å²) in [6.07, 6.45) is 0. The third kappa shape index (κ3) is 3.07. The fourth-order valence-corrected chi connectivity index (χ4v) is 2.76. The summed E-state index contributed by atoms with van der Waals surface area (Å²) in [6, 6.07) is 3.66. The Balaban J connectivity index is 3.59. The van der Waals surface area contributed by atoms with Crippen LogP contribution in [0.5, 0.6) is 5.75 Å². The number of ether oxygens (including phenoxy) is 1. The van der Waals surface area contributed by atoms with Crippen molar-refractivity contribution in [3.8, 4) is 11.8 Å². The minimum absolute atomic E-state index is 0.260. The molecule has 0 aliphatic carbocycles. The van der Waals surface area contributed by atoms with Crippen molar-refractivity contribution in [1.82, 2.24) is 0 Å². The molecule has 1 rings (SSSR count). The van der Waals surface area contributed by atoms with Gasteiger partial charge in [0, 0.05) is 22.8 Å². The Kier molecular flexibility index (Phi) is 4.45. The first-order valence-electron chi connectivity index (χ1n) is 4.46. The van der Waals surface area contributed by atoms with E-state index < -0.39 is 32.9 Å². The van der Waals surface area contributed by atoms with Crippen molar-refractivity contribution in [2.24, 2.45) is 5.73 Å². The zero-order valence-electron chi connectivity index (χ0n) is 8.73. The Labute approximate surface area is 106 Å². The Morgan fingerprint density at radius 1 is 1.50 bits per heavy atom. The molecule has 0 radical (unpaired) electrons. The largest absolute Gasteiger partial charge is 0.434 e. The maximum atomic E-state index is 12.1. The van der Waals surface area contributed by atoms with Gasteiger partial charge in [0.05, 0.1) is 5.56 Å². The number of nitrogens with two attached hydrogens (primary N) is 1. The number of rotatable bonds is 4. The highest BCUT2D eigenvalue weighted by Crippen LogP contribution is 2.32. The molecular weight excluding hydrogens is 290 g/mol. The van der Waals surface area contributed by atoms with Crippen molar-refractivity contribution in [3.05, 3.63) is 23.3 Å². The number of hydrogen-bond acceptors (Lipinski definition) is 5. The molecule has 0 fully saturated rings. The van der Waals surface area contributed by atoms with Crippen molar-refractivity contribution in [3.63, 3.8) is 0 Å². The summed E-state index contributed by atoms with van der Waals surface area (Å²) in [5.74, 6) is -0.425. The average molecular weight is 297 g/mol. The van der Waals surface area contributed by atoms with E-state index in [1.165, 1.54) is 0 Å². The van der Waals surface area contributed by atoms with Gasteiger partial charge in [-0.05, 0) is 12.1 Å². The number of halogens is 3. The summed E-state index contributed by atoms with van der Waals surface area (Å²) in [5, 5.41) is 8.77. The molecule has 0 bridgehead atoms. The molecule has 0 atom stereocenters. The second kappa shape index (κ2) is 5.48. The Morgan fingerprint density at radius 3 is 2.50 bits per heavy atom. The van der Waals surface area contributed by atoms with E-state index in [4.69, 9.17) is 21.7 Å². The number of alkyl halides is 2. The number of nitrogens with zero attached hydrogens (tertiary/aromatic N) is 1. The highest BCUT2D eigenvalue weighted by molar-refractivity contribution is 8.13. The second-order valence-corrected chi connectivity index (χ2v) is 5.55. The minimum atomic E-state index is -4.30. The van der Waals surface area contributed by atoms with Crippen LogP contribution in [0.15, 0.2) is 17.0 Å². The standard InChI is InChI=1S/C9H7ClF2N2O3S/c10-18(15,16)8-5(3-13)1-2-7(6(8)4-14)17-9(11)12/h1-2,9H,4,14H2. The molecule has 18 heavy (non-hydrogen) atoms. The SMILES string of the molecule is N#Cc1ccc(OC(F)F)c(CN)c1S(=O)(=O)Cl. The van der Waals surface area contributed by atoms with Crippen LogP contribution in [0.25, 0.3) is 0 Å². The fraction of sp³-hybridized carbons (Fsp3) is 0.222. The van der Waals surface area contributed by atoms with Crippen molar-refractivity contribution >= 4 is 19.7 Å². The van der Waals surface area contributed by atoms with E-state index in [0.717, 1.165) is 12.1 Å². The summed E-state index contributed by atoms with van der Waals surface area (Å²) in [4.78, 5) is -0.604. The molecule has 0 aliphatic rings. The van der Waals surface area contributed by atoms with Crippen LogP contribution in [0.3, 0.4) is 0 Å². The molecule has 1 aromatic rings. The molecule has 0 amide bonds. The van der Waals surface area contributed by atoms with Gasteiger partial charge in [0.25, 0.3) is 9.05 Å². The zero-order chi connectivity index (χ0) is 13.9. The van der Waals surface area contributed by atoms with Crippen molar-refractivity contribution in [2.75, 3.05) is 0 Å². The summed E-state index contributed by atoms with van der Waals surface area (Å²) < 4.78 is 51.1. The predicted molar refractivity (Wildman–Crippen MR) is 58.7 cm³/mol. The van der Waals surface area contributed by atoms with E-state index in [-0.39, 0.29) is 11.1 Å². The van der Waals surface area contributed by atoms with E-state index in [1.807, 2.05) is 0 Å². The maximum Gasteiger partial charge on any atom is 0.387 e. The van der Waals surface area contributed by atoms with Crippen LogP contribution in [-0.4, -0.2) is 15.0 Å². The molecule has 0 aliphatic heterocycles. The average Bonchev–Trinajstić information content (AvgIpc) is 2.26. The lowest BCUT2D eigenvalue weighted by Crippen LogP contribution is -2.12. The van der Waals surface area contributed by atoms with Gasteiger partial charge >= 0.3 is 6.61 Å². The van der Waals surface area contributed by atoms with Crippen molar-refractivity contribution in [1.29, 1.82) is 5.26 Å². The van der Waals surface area contributed by atoms with Gasteiger partial charge in [0.1, 0.15) is 16.7 Å². The molecule has 5 nitrogen and oxygen atoms in total. The quantitative estimate of drug-likeness (QED) is 0.851. The first-order chi connectivity index (χ1) is 8.31. The van der Waals surface area contributed by atoms with Gasteiger partial charge in [0.2, 0.25) is 0 Å². The second-order valence-electron chi connectivity index (χ2n) is 3.05. The van der Waals surface area contributed by atoms with Crippen molar-refractivity contribution in [2.45, 2.75) is 18.1 Å². The Bertz CT molecular complexity index is 599. The minimum Gasteiger partial charge on any atom is -0.434 e. The van der Waals surface area contributed by atoms with Gasteiger partial charge < -0.3 is 10.5 Å². The fourth-order valence-electron chi connectivity index (χ4n) is 1.38. The predicted octanol–water partition coefficient (Wildman–Crippen LogP) is 1.55. The maximum absolute atomic E-state index is 12.1. The summed E-state index contributed by atoms with van der Waals surface area (Å²) in [7, 11) is 0.856. The van der Waals surface area contributed by atoms with Gasteiger partial charge in [-0.3, -0.25) is 0 Å². The number of nitriles is 1. The van der Waals surface area contributed by atoms with Gasteiger partial charge in [-0.15, -0.1) is 0 Å². The van der Waals surface area contributed by atoms with Crippen LogP contribution in [-0.2, 0) is 15.6 Å². The van der Waals surface area contributed by atoms with Gasteiger partial charge in [0.15, 0.2) is 0 Å². The molecule has 0 spiro atoms. The highest BCUT2D eigenvalue weighted by atomic mass is 35.7. The van der Waals surface area contributed by atoms with E-state index in [1.54, 1.807) is 6.07 Å². The molecule has 0 aromatic heterocycles. The van der Waals surface area contributed by atoms with Gasteiger partial charge in [-0.25, -0.2) is 8.42 Å². The first kappa shape index (κ1) is 14.6. The van der Waals surface area contributed by atoms with Crippen LogP contribution in [0.4, 0.5) is 8.78 Å². The van der Waals surface area contributed by atoms with E-state index in [0.29, 0.717) is 0 Å². The summed E-state index contributed by atoms with van der Waals surface area (Å²) in [6.45, 7) is -3.56. The van der Waals surface area contributed by atoms with Gasteiger partial charge in [-0.1, -0.05) is 0 Å². The van der Waals surface area contributed by atoms with Gasteiger partial charge in [-0.2, -0.15) is 14.0 Å². The van der Waals surface area contributed by atoms with Crippen LogP contribution < -0.4 is 10.5 Å². The monoisotopic (exact) mass is 296 g/mol. The lowest BCUT2D eigenvalue weighted by atomic mass is 10.1. The molecule has 0 heterocycles. The number of benzene rings is 1. The number of hydrogen-bond donors (Lipinski definition) is 1. The van der Waals surface area contributed by atoms with Crippen LogP contribution in [0.1, 0.15) is 11.1 Å². The lowest BCUT2D eigenvalue weighted by molar-refractivity contribution is -0.0506. The molecule has 1 aromatic carbocycles.